The second kappa shape index (κ2) is 26.2. The lowest BCUT2D eigenvalue weighted by molar-refractivity contribution is -0.131. The summed E-state index contributed by atoms with van der Waals surface area (Å²) in [6.07, 6.45) is 26.3. The average molecular weight is 588 g/mol. The Bertz CT molecular complexity index is 887. The molecule has 0 spiro atoms. The molecular weight excluding hydrogens is 526 g/mol. The number of oxazole rings is 1. The Morgan fingerprint density at radius 2 is 1.90 bits per heavy atom. The first-order valence-electron chi connectivity index (χ1n) is 16.3. The van der Waals surface area contributed by atoms with E-state index in [0.717, 1.165) is 55.4 Å². The molecule has 42 heavy (non-hydrogen) atoms. The molecule has 2 N–H and O–H groups in total. The molecule has 240 valence electrons. The van der Waals surface area contributed by atoms with E-state index in [4.69, 9.17) is 14.3 Å². The normalized spacial score (nSPS) is 18.6. The summed E-state index contributed by atoms with van der Waals surface area (Å²) in [4.78, 5) is 14.5. The van der Waals surface area contributed by atoms with Gasteiger partial charge in [0.25, 0.3) is 0 Å². The van der Waals surface area contributed by atoms with Crippen molar-refractivity contribution in [3.63, 3.8) is 0 Å². The maximum Gasteiger partial charge on any atom is 0.327 e. The van der Waals surface area contributed by atoms with Gasteiger partial charge in [0.1, 0.15) is 18.1 Å². The molecule has 4 unspecified atom stereocenters. The molecule has 0 aromatic carbocycles. The van der Waals surface area contributed by atoms with Crippen LogP contribution in [0, 0.1) is 5.92 Å². The molecule has 0 bridgehead atoms. The first-order valence-corrected chi connectivity index (χ1v) is 16.3. The first-order chi connectivity index (χ1) is 20.2. The van der Waals surface area contributed by atoms with Crippen molar-refractivity contribution in [3.8, 4) is 0 Å². The zero-order valence-electron chi connectivity index (χ0n) is 27.5. The number of unbranched alkanes of at least 4 members (excludes halogenated alkanes) is 3. The van der Waals surface area contributed by atoms with Gasteiger partial charge in [0, 0.05) is 6.08 Å². The summed E-state index contributed by atoms with van der Waals surface area (Å²) in [7, 11) is 0. The van der Waals surface area contributed by atoms with Gasteiger partial charge in [0.15, 0.2) is 6.39 Å². The number of hydrogen-bond donors (Lipinski definition) is 2. The molecule has 1 fully saturated rings. The zero-order chi connectivity index (χ0) is 31.6. The number of aliphatic hydroxyl groups is 1. The lowest BCUT2D eigenvalue weighted by atomic mass is 9.95. The van der Waals surface area contributed by atoms with Gasteiger partial charge >= 0.3 is 5.97 Å². The number of carboxylic acid groups (broad SMARTS) is 1. The van der Waals surface area contributed by atoms with Crippen LogP contribution < -0.4 is 0 Å². The summed E-state index contributed by atoms with van der Waals surface area (Å²) < 4.78 is 11.1. The van der Waals surface area contributed by atoms with Gasteiger partial charge in [-0.25, -0.2) is 9.78 Å². The van der Waals surface area contributed by atoms with Crippen LogP contribution in [0.4, 0.5) is 0 Å². The lowest BCUT2D eigenvalue weighted by Gasteiger charge is -2.30. The monoisotopic (exact) mass is 587 g/mol. The van der Waals surface area contributed by atoms with E-state index in [1.54, 1.807) is 17.9 Å². The highest BCUT2D eigenvalue weighted by Crippen LogP contribution is 2.32. The van der Waals surface area contributed by atoms with Gasteiger partial charge in [0.2, 0.25) is 0 Å². The topological polar surface area (TPSA) is 92.8 Å². The van der Waals surface area contributed by atoms with E-state index in [9.17, 15) is 9.90 Å². The molecule has 1 aromatic rings. The molecule has 0 amide bonds. The van der Waals surface area contributed by atoms with Gasteiger partial charge in [0.05, 0.1) is 12.2 Å². The fourth-order valence-corrected chi connectivity index (χ4v) is 5.15. The highest BCUT2D eigenvalue weighted by Gasteiger charge is 2.27. The molecule has 1 aliphatic heterocycles. The van der Waals surface area contributed by atoms with Crippen LogP contribution in [0.5, 0.6) is 0 Å². The number of allylic oxidation sites excluding steroid dienone is 5. The van der Waals surface area contributed by atoms with Crippen molar-refractivity contribution in [2.24, 2.45) is 5.92 Å². The van der Waals surface area contributed by atoms with E-state index in [0.29, 0.717) is 19.3 Å². The second-order valence-electron chi connectivity index (χ2n) is 11.2. The van der Waals surface area contributed by atoms with Crippen LogP contribution in [-0.2, 0) is 9.53 Å². The van der Waals surface area contributed by atoms with Gasteiger partial charge in [-0.2, -0.15) is 0 Å². The average Bonchev–Trinajstić information content (AvgIpc) is 3.49. The maximum atomic E-state index is 10.4. The van der Waals surface area contributed by atoms with Crippen molar-refractivity contribution in [2.75, 3.05) is 0 Å². The zero-order valence-corrected chi connectivity index (χ0v) is 27.5. The van der Waals surface area contributed by atoms with Crippen molar-refractivity contribution < 1.29 is 24.2 Å². The largest absolute Gasteiger partial charge is 0.478 e. The third-order valence-corrected chi connectivity index (χ3v) is 7.13. The quantitative estimate of drug-likeness (QED) is 0.101. The number of hydrogen-bond acceptors (Lipinski definition) is 5. The Morgan fingerprint density at radius 1 is 1.17 bits per heavy atom. The third-order valence-electron chi connectivity index (χ3n) is 7.13. The number of aliphatic hydroxyl groups excluding tert-OH is 1. The van der Waals surface area contributed by atoms with Crippen LogP contribution >= 0.6 is 0 Å². The van der Waals surface area contributed by atoms with Gasteiger partial charge in [-0.1, -0.05) is 82.6 Å². The molecule has 1 aromatic heterocycles. The standard InChI is InChI=1S/C19H27NO5.C15H28.C2H6/c1-14(6-3-2-4-9-19(22)23)10-15(21)11-16-7-5-8-18(25-16)17-12-24-13-20-17;1-5-7-8-9-10-12-15(4)13-14(3)11-6-2;1-2/h4,9,12-13,15-16,18,21H,1-3,5-8,10-11H2,(H,22,23);5,7,11,15H,6,8-10,12-13H2,1-4H3;1-2H3/b9-4-;7-5+,14-11+;. The van der Waals surface area contributed by atoms with Crippen molar-refractivity contribution in [1.82, 2.24) is 4.98 Å². The highest BCUT2D eigenvalue weighted by atomic mass is 16.5. The number of aliphatic carboxylic acids is 1. The van der Waals surface area contributed by atoms with E-state index in [1.165, 1.54) is 44.9 Å². The van der Waals surface area contributed by atoms with Gasteiger partial charge in [-0.15, -0.1) is 0 Å². The fraction of sp³-hybridized carbons (Fsp3) is 0.667. The van der Waals surface area contributed by atoms with E-state index in [1.807, 2.05) is 13.8 Å². The number of nitrogens with zero attached hydrogens (tertiary/aromatic N) is 1. The molecule has 1 saturated heterocycles. The van der Waals surface area contributed by atoms with Crippen molar-refractivity contribution in [2.45, 2.75) is 150 Å². The van der Waals surface area contributed by atoms with Crippen molar-refractivity contribution >= 4 is 5.97 Å². The van der Waals surface area contributed by atoms with Crippen molar-refractivity contribution in [1.29, 1.82) is 0 Å². The first kappa shape index (κ1) is 39.6. The summed E-state index contributed by atoms with van der Waals surface area (Å²) in [5.74, 6) is -0.0657. The summed E-state index contributed by atoms with van der Waals surface area (Å²) >= 11 is 0. The molecule has 0 aliphatic carbocycles. The number of carbonyl (C=O) groups is 1. The smallest absolute Gasteiger partial charge is 0.327 e. The molecule has 4 atom stereocenters. The molecule has 0 saturated carbocycles. The van der Waals surface area contributed by atoms with E-state index in [-0.39, 0.29) is 12.2 Å². The van der Waals surface area contributed by atoms with E-state index < -0.39 is 12.1 Å². The minimum Gasteiger partial charge on any atom is -0.478 e. The number of aromatic nitrogens is 1. The third kappa shape index (κ3) is 21.3. The maximum absolute atomic E-state index is 10.4. The van der Waals surface area contributed by atoms with Crippen molar-refractivity contribution in [3.05, 3.63) is 66.5 Å². The summed E-state index contributed by atoms with van der Waals surface area (Å²) in [5, 5.41) is 18.8. The molecule has 6 heteroatoms. The van der Waals surface area contributed by atoms with Crippen LogP contribution in [0.25, 0.3) is 0 Å². The number of ether oxygens (including phenoxy) is 1. The van der Waals surface area contributed by atoms with Crippen LogP contribution in [0.1, 0.15) is 143 Å². The molecule has 1 aliphatic rings. The van der Waals surface area contributed by atoms with E-state index >= 15 is 0 Å². The lowest BCUT2D eigenvalue weighted by Crippen LogP contribution is -2.27. The van der Waals surface area contributed by atoms with Crippen LogP contribution in [-0.4, -0.2) is 33.4 Å². The van der Waals surface area contributed by atoms with E-state index in [2.05, 4.69) is 57.5 Å². The van der Waals surface area contributed by atoms with Crippen LogP contribution in [0.15, 0.2) is 65.2 Å². The molecule has 0 radical (unpaired) electrons. The predicted molar refractivity (Wildman–Crippen MR) is 175 cm³/mol. The van der Waals surface area contributed by atoms with Gasteiger partial charge in [-0.05, 0) is 96.8 Å². The molecule has 2 heterocycles. The SMILES string of the molecule is C/C=C/CCCCC(C)C/C(C)=C/CC.C=C(CCC/C=C\C(=O)O)CC(O)CC1CCCC(c2cocn2)O1.CC. The Labute approximate surface area is 257 Å². The molecular formula is C36H61NO5. The summed E-state index contributed by atoms with van der Waals surface area (Å²) in [6, 6.07) is 0. The van der Waals surface area contributed by atoms with Gasteiger partial charge < -0.3 is 19.4 Å². The Kier molecular flexibility index (Phi) is 24.7. The number of carboxylic acids is 1. The van der Waals surface area contributed by atoms with Crippen LogP contribution in [0.3, 0.4) is 0 Å². The summed E-state index contributed by atoms with van der Waals surface area (Å²) in [6.45, 7) is 17.0. The predicted octanol–water partition coefficient (Wildman–Crippen LogP) is 10.3. The second-order valence-corrected chi connectivity index (χ2v) is 11.2. The minimum atomic E-state index is -0.925. The Hall–Kier alpha value is -2.44. The van der Waals surface area contributed by atoms with Crippen LogP contribution in [0.2, 0.25) is 0 Å². The molecule has 2 rings (SSSR count). The Balaban J connectivity index is 0.000000850. The summed E-state index contributed by atoms with van der Waals surface area (Å²) in [5.41, 5.74) is 3.37. The highest BCUT2D eigenvalue weighted by molar-refractivity contribution is 5.79. The number of rotatable bonds is 18. The molecule has 6 nitrogen and oxygen atoms in total. The minimum absolute atomic E-state index is 0.0248. The fourth-order valence-electron chi connectivity index (χ4n) is 5.15. The van der Waals surface area contributed by atoms with Gasteiger partial charge in [-0.3, -0.25) is 0 Å². The Morgan fingerprint density at radius 3 is 2.55 bits per heavy atom.